The highest BCUT2D eigenvalue weighted by Crippen LogP contribution is 2.26. The number of rotatable bonds is 5. The molecule has 1 aromatic rings. The second-order valence-electron chi connectivity index (χ2n) is 4.04. The van der Waals surface area contributed by atoms with E-state index in [0.717, 1.165) is 19.4 Å². The molecular weight excluding hydrogens is 206 g/mol. The molecule has 88 valence electrons. The van der Waals surface area contributed by atoms with Crippen LogP contribution in [0.15, 0.2) is 12.4 Å². The van der Waals surface area contributed by atoms with Gasteiger partial charge < -0.3 is 14.6 Å². The molecule has 1 saturated carbocycles. The molecule has 1 aliphatic rings. The first kappa shape index (κ1) is 11.1. The lowest BCUT2D eigenvalue weighted by molar-refractivity contribution is -0.132. The first-order chi connectivity index (χ1) is 7.76. The molecule has 0 bridgehead atoms. The lowest BCUT2D eigenvalue weighted by atomic mass is 10.4. The quantitative estimate of drug-likeness (QED) is 0.785. The van der Waals surface area contributed by atoms with Crippen LogP contribution in [-0.4, -0.2) is 38.1 Å². The Kier molecular flexibility index (Phi) is 3.24. The Morgan fingerprint density at radius 1 is 1.69 bits per heavy atom. The fraction of sp³-hybridized carbons (Fsp3) is 0.636. The zero-order valence-corrected chi connectivity index (χ0v) is 9.46. The van der Waals surface area contributed by atoms with Crippen LogP contribution in [0.3, 0.4) is 0 Å². The number of carbonyl (C=O) groups is 1. The number of likely N-dealkylation sites (N-methyl/N-ethyl adjacent to an activating group) is 1. The predicted molar refractivity (Wildman–Crippen MR) is 58.6 cm³/mol. The minimum absolute atomic E-state index is 0.109. The predicted octanol–water partition coefficient (Wildman–Crippen LogP) is 0.386. The molecule has 0 unspecified atom stereocenters. The van der Waals surface area contributed by atoms with E-state index < -0.39 is 0 Å². The molecule has 0 aromatic carbocycles. The van der Waals surface area contributed by atoms with Crippen LogP contribution in [0.4, 0.5) is 0 Å². The molecule has 0 spiro atoms. The van der Waals surface area contributed by atoms with Crippen LogP contribution in [0.1, 0.15) is 25.6 Å². The first-order valence-electron chi connectivity index (χ1n) is 5.66. The van der Waals surface area contributed by atoms with E-state index in [-0.39, 0.29) is 19.1 Å². The van der Waals surface area contributed by atoms with Crippen LogP contribution >= 0.6 is 0 Å². The molecule has 1 N–H and O–H groups in total. The highest BCUT2D eigenvalue weighted by Gasteiger charge is 2.31. The molecule has 1 aromatic heterocycles. The molecule has 1 aliphatic carbocycles. The molecule has 16 heavy (non-hydrogen) atoms. The number of hydrogen-bond acceptors (Lipinski definition) is 3. The van der Waals surface area contributed by atoms with Crippen LogP contribution in [-0.2, 0) is 17.9 Å². The van der Waals surface area contributed by atoms with E-state index >= 15 is 0 Å². The topological polar surface area (TPSA) is 58.4 Å². The fourth-order valence-electron chi connectivity index (χ4n) is 1.90. The third kappa shape index (κ3) is 2.24. The molecule has 5 nitrogen and oxygen atoms in total. The summed E-state index contributed by atoms with van der Waals surface area (Å²) >= 11 is 0. The molecule has 0 atom stereocenters. The summed E-state index contributed by atoms with van der Waals surface area (Å²) in [4.78, 5) is 17.9. The third-order valence-corrected chi connectivity index (χ3v) is 2.90. The van der Waals surface area contributed by atoms with Crippen molar-refractivity contribution in [2.24, 2.45) is 0 Å². The Morgan fingerprint density at radius 2 is 2.44 bits per heavy atom. The van der Waals surface area contributed by atoms with Crippen molar-refractivity contribution < 1.29 is 9.90 Å². The second kappa shape index (κ2) is 4.65. The average Bonchev–Trinajstić information content (AvgIpc) is 3.00. The minimum Gasteiger partial charge on any atom is -0.388 e. The fourth-order valence-corrected chi connectivity index (χ4v) is 1.90. The van der Waals surface area contributed by atoms with Crippen molar-refractivity contribution in [3.05, 3.63) is 18.2 Å². The van der Waals surface area contributed by atoms with E-state index in [9.17, 15) is 4.79 Å². The maximum absolute atomic E-state index is 12.0. The van der Waals surface area contributed by atoms with E-state index in [2.05, 4.69) is 4.98 Å². The Hall–Kier alpha value is -1.36. The molecular formula is C11H17N3O2. The van der Waals surface area contributed by atoms with Gasteiger partial charge in [-0.3, -0.25) is 4.79 Å². The molecule has 2 rings (SSSR count). The van der Waals surface area contributed by atoms with Gasteiger partial charge in [-0.1, -0.05) is 0 Å². The number of imidazole rings is 1. The summed E-state index contributed by atoms with van der Waals surface area (Å²) in [5.41, 5.74) is 0. The van der Waals surface area contributed by atoms with Crippen LogP contribution in [0.5, 0.6) is 0 Å². The Labute approximate surface area is 94.7 Å². The lowest BCUT2D eigenvalue weighted by Crippen LogP contribution is -2.35. The Morgan fingerprint density at radius 3 is 3.00 bits per heavy atom. The monoisotopic (exact) mass is 223 g/mol. The van der Waals surface area contributed by atoms with Crippen molar-refractivity contribution in [3.63, 3.8) is 0 Å². The number of carbonyl (C=O) groups excluding carboxylic acids is 1. The van der Waals surface area contributed by atoms with Crippen molar-refractivity contribution in [2.75, 3.05) is 6.54 Å². The summed E-state index contributed by atoms with van der Waals surface area (Å²) in [5, 5.41) is 9.03. The highest BCUT2D eigenvalue weighted by molar-refractivity contribution is 5.76. The number of aromatic nitrogens is 2. The van der Waals surface area contributed by atoms with E-state index in [1.807, 2.05) is 11.8 Å². The molecule has 1 fully saturated rings. The third-order valence-electron chi connectivity index (χ3n) is 2.90. The van der Waals surface area contributed by atoms with Crippen molar-refractivity contribution in [1.82, 2.24) is 14.5 Å². The molecule has 0 saturated heterocycles. The van der Waals surface area contributed by atoms with Crippen molar-refractivity contribution in [2.45, 2.75) is 39.0 Å². The number of amides is 1. The van der Waals surface area contributed by atoms with Gasteiger partial charge in [0.25, 0.3) is 0 Å². The lowest BCUT2D eigenvalue weighted by Gasteiger charge is -2.20. The van der Waals surface area contributed by atoms with E-state index in [1.54, 1.807) is 17.0 Å². The minimum atomic E-state index is -0.129. The van der Waals surface area contributed by atoms with Crippen LogP contribution in [0.25, 0.3) is 0 Å². The summed E-state index contributed by atoms with van der Waals surface area (Å²) in [6, 6.07) is 0.443. The van der Waals surface area contributed by atoms with Crippen molar-refractivity contribution in [1.29, 1.82) is 0 Å². The average molecular weight is 223 g/mol. The van der Waals surface area contributed by atoms with Gasteiger partial charge in [0.15, 0.2) is 0 Å². The van der Waals surface area contributed by atoms with Gasteiger partial charge in [0.1, 0.15) is 19.0 Å². The number of nitrogens with zero attached hydrogens (tertiary/aromatic N) is 3. The first-order valence-corrected chi connectivity index (χ1v) is 5.66. The number of hydrogen-bond donors (Lipinski definition) is 1. The van der Waals surface area contributed by atoms with Crippen LogP contribution in [0, 0.1) is 0 Å². The van der Waals surface area contributed by atoms with Gasteiger partial charge in [0, 0.05) is 25.0 Å². The highest BCUT2D eigenvalue weighted by atomic mass is 16.3. The summed E-state index contributed by atoms with van der Waals surface area (Å²) < 4.78 is 1.70. The zero-order valence-electron chi connectivity index (χ0n) is 9.46. The molecule has 0 radical (unpaired) electrons. The number of aliphatic hydroxyl groups is 1. The molecule has 0 aliphatic heterocycles. The van der Waals surface area contributed by atoms with E-state index in [1.165, 1.54) is 0 Å². The van der Waals surface area contributed by atoms with Crippen molar-refractivity contribution in [3.8, 4) is 0 Å². The van der Waals surface area contributed by atoms with Gasteiger partial charge in [0.2, 0.25) is 5.91 Å². The largest absolute Gasteiger partial charge is 0.388 e. The van der Waals surface area contributed by atoms with Gasteiger partial charge in [-0.2, -0.15) is 0 Å². The molecule has 5 heteroatoms. The van der Waals surface area contributed by atoms with E-state index in [0.29, 0.717) is 11.9 Å². The molecule has 1 heterocycles. The summed E-state index contributed by atoms with van der Waals surface area (Å²) in [6.45, 7) is 2.90. The van der Waals surface area contributed by atoms with Crippen LogP contribution < -0.4 is 0 Å². The van der Waals surface area contributed by atoms with Gasteiger partial charge in [-0.15, -0.1) is 0 Å². The van der Waals surface area contributed by atoms with Gasteiger partial charge in [-0.25, -0.2) is 4.98 Å². The smallest absolute Gasteiger partial charge is 0.242 e. The van der Waals surface area contributed by atoms with Gasteiger partial charge in [0.05, 0.1) is 0 Å². The van der Waals surface area contributed by atoms with Gasteiger partial charge >= 0.3 is 0 Å². The summed E-state index contributed by atoms with van der Waals surface area (Å²) in [7, 11) is 0. The normalized spacial score (nSPS) is 15.1. The van der Waals surface area contributed by atoms with E-state index in [4.69, 9.17) is 5.11 Å². The Bertz CT molecular complexity index is 371. The second-order valence-corrected chi connectivity index (χ2v) is 4.04. The van der Waals surface area contributed by atoms with Crippen LogP contribution in [0.2, 0.25) is 0 Å². The van der Waals surface area contributed by atoms with Crippen molar-refractivity contribution >= 4 is 5.91 Å². The Balaban J connectivity index is 2.00. The maximum Gasteiger partial charge on any atom is 0.242 e. The molecule has 1 amide bonds. The zero-order chi connectivity index (χ0) is 11.5. The maximum atomic E-state index is 12.0. The summed E-state index contributed by atoms with van der Waals surface area (Å²) in [5.74, 6) is 0.651. The summed E-state index contributed by atoms with van der Waals surface area (Å²) in [6.07, 6.45) is 5.57. The standard InChI is InChI=1S/C11H17N3O2/c1-2-14(9-3-4-9)11(16)7-13-6-5-12-10(13)8-15/h5-6,9,15H,2-4,7-8H2,1H3. The number of aliphatic hydroxyl groups excluding tert-OH is 1. The van der Waals surface area contributed by atoms with Gasteiger partial charge in [-0.05, 0) is 19.8 Å². The SMILES string of the molecule is CCN(C(=O)Cn1ccnc1CO)C1CC1.